The predicted molar refractivity (Wildman–Crippen MR) is 65.5 cm³/mol. The van der Waals surface area contributed by atoms with Crippen LogP contribution in [0.15, 0.2) is 18.3 Å². The quantitative estimate of drug-likeness (QED) is 0.704. The third-order valence-corrected chi connectivity index (χ3v) is 2.40. The number of carbonyl (C=O) groups is 2. The van der Waals surface area contributed by atoms with Crippen LogP contribution < -0.4 is 11.1 Å². The van der Waals surface area contributed by atoms with Gasteiger partial charge in [0.1, 0.15) is 6.04 Å². The number of nitrogens with two attached hydrogens (primary N) is 1. The van der Waals surface area contributed by atoms with E-state index in [0.717, 1.165) is 11.3 Å². The molecule has 1 aromatic heterocycles. The van der Waals surface area contributed by atoms with Crippen LogP contribution >= 0.6 is 0 Å². The summed E-state index contributed by atoms with van der Waals surface area (Å²) in [5.41, 5.74) is 7.04. The number of nitrogens with zero attached hydrogens (tertiary/aromatic N) is 1. The molecule has 98 valence electrons. The molecule has 18 heavy (non-hydrogen) atoms. The maximum atomic E-state index is 11.5. The van der Waals surface area contributed by atoms with Gasteiger partial charge in [0.05, 0.1) is 12.8 Å². The van der Waals surface area contributed by atoms with E-state index in [1.165, 1.54) is 14.0 Å². The van der Waals surface area contributed by atoms with Crippen molar-refractivity contribution in [3.63, 3.8) is 0 Å². The SMILES string of the molecule is COC(=O)[C@H](Cc1ccc(CN)nc1)NC(C)=O. The van der Waals surface area contributed by atoms with E-state index in [1.807, 2.05) is 6.07 Å². The molecule has 0 aliphatic carbocycles. The van der Waals surface area contributed by atoms with Crippen molar-refractivity contribution in [3.8, 4) is 0 Å². The van der Waals surface area contributed by atoms with Gasteiger partial charge in [-0.1, -0.05) is 6.07 Å². The van der Waals surface area contributed by atoms with Crippen molar-refractivity contribution in [1.82, 2.24) is 10.3 Å². The highest BCUT2D eigenvalue weighted by Crippen LogP contribution is 2.05. The van der Waals surface area contributed by atoms with Gasteiger partial charge in [-0.05, 0) is 11.6 Å². The molecule has 1 rings (SSSR count). The van der Waals surface area contributed by atoms with Crippen molar-refractivity contribution in [1.29, 1.82) is 0 Å². The first-order valence-corrected chi connectivity index (χ1v) is 5.55. The fraction of sp³-hybridized carbons (Fsp3) is 0.417. The second kappa shape index (κ2) is 6.70. The normalized spacial score (nSPS) is 11.7. The van der Waals surface area contributed by atoms with Crippen LogP contribution in [0.1, 0.15) is 18.2 Å². The standard InChI is InChI=1S/C12H17N3O3/c1-8(16)15-11(12(17)18-2)5-9-3-4-10(6-13)14-7-9/h3-4,7,11H,5-6,13H2,1-2H3,(H,15,16)/t11-/m0/s1. The molecular formula is C12H17N3O3. The van der Waals surface area contributed by atoms with Crippen LogP contribution in [-0.2, 0) is 27.3 Å². The summed E-state index contributed by atoms with van der Waals surface area (Å²) in [7, 11) is 1.28. The maximum absolute atomic E-state index is 11.5. The summed E-state index contributed by atoms with van der Waals surface area (Å²) in [6, 6.07) is 2.92. The van der Waals surface area contributed by atoms with Gasteiger partial charge in [0.15, 0.2) is 0 Å². The lowest BCUT2D eigenvalue weighted by atomic mass is 10.1. The molecule has 0 spiro atoms. The van der Waals surface area contributed by atoms with Crippen LogP contribution in [0.3, 0.4) is 0 Å². The molecule has 1 amide bonds. The van der Waals surface area contributed by atoms with E-state index in [-0.39, 0.29) is 5.91 Å². The maximum Gasteiger partial charge on any atom is 0.328 e. The third-order valence-electron chi connectivity index (χ3n) is 2.40. The van der Waals surface area contributed by atoms with E-state index in [0.29, 0.717) is 13.0 Å². The van der Waals surface area contributed by atoms with Gasteiger partial charge >= 0.3 is 5.97 Å². The van der Waals surface area contributed by atoms with Gasteiger partial charge in [0.25, 0.3) is 0 Å². The molecule has 0 aliphatic rings. The highest BCUT2D eigenvalue weighted by atomic mass is 16.5. The lowest BCUT2D eigenvalue weighted by Gasteiger charge is -2.15. The Hall–Kier alpha value is -1.95. The molecule has 0 aliphatic heterocycles. The lowest BCUT2D eigenvalue weighted by molar-refractivity contribution is -0.144. The van der Waals surface area contributed by atoms with Crippen molar-refractivity contribution < 1.29 is 14.3 Å². The number of aromatic nitrogens is 1. The monoisotopic (exact) mass is 251 g/mol. The Labute approximate surface area is 106 Å². The van der Waals surface area contributed by atoms with Crippen LogP contribution in [-0.4, -0.2) is 30.0 Å². The molecule has 1 heterocycles. The molecule has 1 atom stereocenters. The van der Waals surface area contributed by atoms with E-state index >= 15 is 0 Å². The summed E-state index contributed by atoms with van der Waals surface area (Å²) in [5.74, 6) is -0.759. The van der Waals surface area contributed by atoms with Crippen LogP contribution in [0.25, 0.3) is 0 Å². The minimum absolute atomic E-state index is 0.281. The Balaban J connectivity index is 2.75. The second-order valence-corrected chi connectivity index (χ2v) is 3.84. The Morgan fingerprint density at radius 1 is 1.50 bits per heavy atom. The number of hydrogen-bond acceptors (Lipinski definition) is 5. The van der Waals surface area contributed by atoms with Crippen LogP contribution in [0, 0.1) is 0 Å². The molecule has 3 N–H and O–H groups in total. The minimum Gasteiger partial charge on any atom is -0.467 e. The second-order valence-electron chi connectivity index (χ2n) is 3.84. The van der Waals surface area contributed by atoms with Crippen molar-refractivity contribution >= 4 is 11.9 Å². The van der Waals surface area contributed by atoms with Crippen LogP contribution in [0.5, 0.6) is 0 Å². The number of rotatable bonds is 5. The molecule has 6 heteroatoms. The van der Waals surface area contributed by atoms with Gasteiger partial charge in [0.2, 0.25) is 5.91 Å². The highest BCUT2D eigenvalue weighted by Gasteiger charge is 2.20. The van der Waals surface area contributed by atoms with Gasteiger partial charge < -0.3 is 15.8 Å². The summed E-state index contributed by atoms with van der Waals surface area (Å²) in [4.78, 5) is 26.6. The number of pyridine rings is 1. The Morgan fingerprint density at radius 3 is 2.67 bits per heavy atom. The number of esters is 1. The first-order valence-electron chi connectivity index (χ1n) is 5.55. The number of nitrogens with one attached hydrogen (secondary N) is 1. The van der Waals surface area contributed by atoms with Crippen molar-refractivity contribution in [2.75, 3.05) is 7.11 Å². The summed E-state index contributed by atoms with van der Waals surface area (Å²) in [6.07, 6.45) is 1.98. The first-order chi connectivity index (χ1) is 8.56. The Bertz CT molecular complexity index is 417. The van der Waals surface area contributed by atoms with Crippen LogP contribution in [0.4, 0.5) is 0 Å². The molecule has 0 fully saturated rings. The Kier molecular flexibility index (Phi) is 5.26. The van der Waals surface area contributed by atoms with Gasteiger partial charge in [-0.15, -0.1) is 0 Å². The first kappa shape index (κ1) is 14.1. The number of methoxy groups -OCH3 is 1. The zero-order chi connectivity index (χ0) is 13.5. The molecular weight excluding hydrogens is 234 g/mol. The van der Waals surface area contributed by atoms with E-state index in [2.05, 4.69) is 15.0 Å². The van der Waals surface area contributed by atoms with Crippen molar-refractivity contribution in [3.05, 3.63) is 29.6 Å². The van der Waals surface area contributed by atoms with E-state index in [1.54, 1.807) is 12.3 Å². The zero-order valence-electron chi connectivity index (χ0n) is 10.5. The van der Waals surface area contributed by atoms with E-state index in [9.17, 15) is 9.59 Å². The topological polar surface area (TPSA) is 94.3 Å². The zero-order valence-corrected chi connectivity index (χ0v) is 10.5. The largest absolute Gasteiger partial charge is 0.467 e. The molecule has 0 radical (unpaired) electrons. The Morgan fingerprint density at radius 2 is 2.22 bits per heavy atom. The van der Waals surface area contributed by atoms with Crippen molar-refractivity contribution in [2.24, 2.45) is 5.73 Å². The third kappa shape index (κ3) is 4.14. The molecule has 0 unspecified atom stereocenters. The number of amides is 1. The summed E-state index contributed by atoms with van der Waals surface area (Å²) < 4.78 is 4.64. The van der Waals surface area contributed by atoms with E-state index < -0.39 is 12.0 Å². The molecule has 0 saturated heterocycles. The predicted octanol–water partition coefficient (Wildman–Crippen LogP) is -0.240. The average Bonchev–Trinajstić information content (AvgIpc) is 2.37. The smallest absolute Gasteiger partial charge is 0.328 e. The van der Waals surface area contributed by atoms with Gasteiger partial charge in [-0.2, -0.15) is 0 Å². The van der Waals surface area contributed by atoms with Crippen molar-refractivity contribution in [2.45, 2.75) is 25.9 Å². The molecule has 6 nitrogen and oxygen atoms in total. The molecule has 1 aromatic rings. The molecule has 0 saturated carbocycles. The number of hydrogen-bond donors (Lipinski definition) is 2. The number of ether oxygens (including phenoxy) is 1. The highest BCUT2D eigenvalue weighted by molar-refractivity contribution is 5.83. The molecule has 0 bridgehead atoms. The van der Waals surface area contributed by atoms with E-state index in [4.69, 9.17) is 5.73 Å². The molecule has 0 aromatic carbocycles. The van der Waals surface area contributed by atoms with Gasteiger partial charge in [-0.25, -0.2) is 4.79 Å². The number of carbonyl (C=O) groups excluding carboxylic acids is 2. The average molecular weight is 251 g/mol. The fourth-order valence-corrected chi connectivity index (χ4v) is 1.51. The van der Waals surface area contributed by atoms with Gasteiger partial charge in [-0.3, -0.25) is 9.78 Å². The van der Waals surface area contributed by atoms with Crippen LogP contribution in [0.2, 0.25) is 0 Å². The summed E-state index contributed by atoms with van der Waals surface area (Å²) in [5, 5.41) is 2.54. The van der Waals surface area contributed by atoms with Gasteiger partial charge in [0, 0.05) is 26.1 Å². The minimum atomic E-state index is -0.696. The summed E-state index contributed by atoms with van der Waals surface area (Å²) >= 11 is 0. The lowest BCUT2D eigenvalue weighted by Crippen LogP contribution is -2.42. The fourth-order valence-electron chi connectivity index (χ4n) is 1.51. The summed E-state index contributed by atoms with van der Waals surface area (Å²) in [6.45, 7) is 1.72.